The number of carbonyl (C=O) groups is 2. The Morgan fingerprint density at radius 1 is 0.522 bits per heavy atom. The van der Waals surface area contributed by atoms with Gasteiger partial charge in [-0.2, -0.15) is 0 Å². The number of aromatic hydroxyl groups is 4. The summed E-state index contributed by atoms with van der Waals surface area (Å²) in [5.41, 5.74) is 10.8. The number of rotatable bonds is 12. The number of benzene rings is 4. The molecule has 0 unspecified atom stereocenters. The Morgan fingerprint density at radius 3 is 0.913 bits per heavy atom. The number of carboxylic acids is 2. The van der Waals surface area contributed by atoms with Crippen LogP contribution in [-0.2, 0) is 20.7 Å². The summed E-state index contributed by atoms with van der Waals surface area (Å²) >= 11 is 0. The van der Waals surface area contributed by atoms with Gasteiger partial charge in [-0.15, -0.1) is 0 Å². The molecule has 0 saturated heterocycles. The quantitative estimate of drug-likeness (QED) is 0.0798. The van der Waals surface area contributed by atoms with Crippen LogP contribution in [0.2, 0.25) is 0 Å². The van der Waals surface area contributed by atoms with E-state index in [0.29, 0.717) is 0 Å². The molecular formula is C32H32N4Na2O8. The molecule has 0 saturated carbocycles. The molecule has 8 N–H and O–H groups in total. The van der Waals surface area contributed by atoms with Gasteiger partial charge >= 0.3 is 59.1 Å². The maximum absolute atomic E-state index is 12.0. The molecule has 0 aliphatic carbocycles. The van der Waals surface area contributed by atoms with E-state index < -0.39 is 23.0 Å². The largest absolute Gasteiger partial charge is 1.00 e. The molecule has 0 spiro atoms. The van der Waals surface area contributed by atoms with E-state index in [1.807, 2.05) is 0 Å². The van der Waals surface area contributed by atoms with Crippen LogP contribution in [0.15, 0.2) is 97.1 Å². The van der Waals surface area contributed by atoms with Gasteiger partial charge in [0.15, 0.2) is 0 Å². The molecule has 4 rings (SSSR count). The van der Waals surface area contributed by atoms with Gasteiger partial charge in [-0.05, 0) is 24.3 Å². The summed E-state index contributed by atoms with van der Waals surface area (Å²) < 4.78 is 0. The van der Waals surface area contributed by atoms with Gasteiger partial charge in [0.2, 0.25) is 0 Å². The van der Waals surface area contributed by atoms with Crippen LogP contribution in [0.4, 0.5) is 0 Å². The van der Waals surface area contributed by atoms with E-state index in [4.69, 9.17) is 11.5 Å². The molecule has 0 amide bonds. The number of hydrogen-bond donors (Lipinski definition) is 6. The number of nitrogens with one attached hydrogen (secondary N) is 4. The molecule has 4 aromatic carbocycles. The summed E-state index contributed by atoms with van der Waals surface area (Å²) in [7, 11) is 0. The van der Waals surface area contributed by atoms with Crippen molar-refractivity contribution in [1.29, 1.82) is 0 Å². The molecule has 14 heteroatoms. The molecule has 0 atom stereocenters. The third kappa shape index (κ3) is 8.60. The third-order valence-corrected chi connectivity index (χ3v) is 6.87. The number of phenolic OH excluding ortho intramolecular Hbond substituents is 4. The summed E-state index contributed by atoms with van der Waals surface area (Å²) in [5, 5.41) is 69.8. The first-order valence-corrected chi connectivity index (χ1v) is 13.4. The fourth-order valence-corrected chi connectivity index (χ4v) is 4.92. The van der Waals surface area contributed by atoms with Gasteiger partial charge in [-0.1, -0.05) is 72.8 Å². The van der Waals surface area contributed by atoms with Crippen LogP contribution < -0.4 is 91.4 Å². The predicted molar refractivity (Wildman–Crippen MR) is 156 cm³/mol. The van der Waals surface area contributed by atoms with E-state index >= 15 is 0 Å². The van der Waals surface area contributed by atoms with Gasteiger partial charge in [0.05, 0.1) is 11.9 Å². The molecule has 46 heavy (non-hydrogen) atoms. The number of phenols is 4. The molecule has 0 fully saturated rings. The Morgan fingerprint density at radius 2 is 0.739 bits per heavy atom. The molecule has 0 heterocycles. The van der Waals surface area contributed by atoms with E-state index in [-0.39, 0.29) is 131 Å². The first-order chi connectivity index (χ1) is 21.1. The van der Waals surface area contributed by atoms with Crippen molar-refractivity contribution in [3.05, 3.63) is 119 Å². The third-order valence-electron chi connectivity index (χ3n) is 6.87. The molecule has 2 radical (unpaired) electrons. The summed E-state index contributed by atoms with van der Waals surface area (Å²) in [4.78, 5) is 24.0. The molecule has 0 aliphatic rings. The normalized spacial score (nSPS) is 10.8. The van der Waals surface area contributed by atoms with Crippen LogP contribution in [-0.4, -0.2) is 58.5 Å². The first kappa shape index (κ1) is 40.9. The van der Waals surface area contributed by atoms with Crippen molar-refractivity contribution in [2.75, 3.05) is 26.2 Å². The van der Waals surface area contributed by atoms with Crippen LogP contribution in [0, 0.1) is 0 Å². The smallest absolute Gasteiger partial charge is 0.547 e. The molecule has 0 aliphatic heterocycles. The Labute approximate surface area is 310 Å². The molecule has 230 valence electrons. The SMILES string of the molecule is [NH]CCNC(C(=O)[O-])(c1ccccc1O)c1ccccc1O.[NH]CCNC(C(=O)[O-])(c1ccccc1O)c1ccccc1O.[Na+].[Na+]. The van der Waals surface area contributed by atoms with Crippen molar-refractivity contribution in [2.45, 2.75) is 11.1 Å². The first-order valence-electron chi connectivity index (χ1n) is 13.4. The van der Waals surface area contributed by atoms with Crippen LogP contribution in [0.1, 0.15) is 22.3 Å². The van der Waals surface area contributed by atoms with Crippen molar-refractivity contribution >= 4 is 11.9 Å². The van der Waals surface area contributed by atoms with Crippen LogP contribution in [0.5, 0.6) is 23.0 Å². The van der Waals surface area contributed by atoms with Crippen molar-refractivity contribution in [2.24, 2.45) is 0 Å². The average molecular weight is 647 g/mol. The van der Waals surface area contributed by atoms with Crippen molar-refractivity contribution in [3.8, 4) is 23.0 Å². The molecular weight excluding hydrogens is 614 g/mol. The van der Waals surface area contributed by atoms with Gasteiger partial charge < -0.3 is 40.2 Å². The second-order valence-corrected chi connectivity index (χ2v) is 9.50. The second kappa shape index (κ2) is 18.9. The Bertz CT molecular complexity index is 1380. The summed E-state index contributed by atoms with van der Waals surface area (Å²) in [6.45, 7) is -0.0697. The van der Waals surface area contributed by atoms with Gasteiger partial charge in [0, 0.05) is 48.4 Å². The van der Waals surface area contributed by atoms with Gasteiger partial charge in [-0.3, -0.25) is 22.1 Å². The number of carbonyl (C=O) groups excluding carboxylic acids is 2. The fraction of sp³-hybridized carbons (Fsp3) is 0.188. The van der Waals surface area contributed by atoms with E-state index in [9.17, 15) is 40.2 Å². The zero-order valence-electron chi connectivity index (χ0n) is 25.5. The minimum atomic E-state index is -1.95. The second-order valence-electron chi connectivity index (χ2n) is 9.50. The van der Waals surface area contributed by atoms with Crippen LogP contribution >= 0.6 is 0 Å². The number of carboxylic acid groups (broad SMARTS) is 2. The van der Waals surface area contributed by atoms with Gasteiger partial charge in [0.1, 0.15) is 34.1 Å². The van der Waals surface area contributed by atoms with Gasteiger partial charge in [-0.25, -0.2) is 0 Å². The predicted octanol–water partition coefficient (Wildman–Crippen LogP) is -6.06. The molecule has 4 aromatic rings. The van der Waals surface area contributed by atoms with E-state index in [2.05, 4.69) is 10.6 Å². The van der Waals surface area contributed by atoms with Crippen LogP contribution in [0.25, 0.3) is 0 Å². The Kier molecular flexibility index (Phi) is 16.8. The summed E-state index contributed by atoms with van der Waals surface area (Å²) in [6, 6.07) is 23.8. The van der Waals surface area contributed by atoms with E-state index in [1.165, 1.54) is 48.5 Å². The minimum absolute atomic E-state index is 0. The zero-order valence-corrected chi connectivity index (χ0v) is 29.5. The molecule has 0 bridgehead atoms. The Hall–Kier alpha value is -3.14. The maximum atomic E-state index is 12.0. The van der Waals surface area contributed by atoms with E-state index in [1.54, 1.807) is 48.5 Å². The monoisotopic (exact) mass is 646 g/mol. The summed E-state index contributed by atoms with van der Waals surface area (Å²) in [6.07, 6.45) is 0. The number of hydrogen-bond acceptors (Lipinski definition) is 10. The fourth-order valence-electron chi connectivity index (χ4n) is 4.92. The van der Waals surface area contributed by atoms with Crippen molar-refractivity contribution in [3.63, 3.8) is 0 Å². The molecule has 12 nitrogen and oxygen atoms in total. The van der Waals surface area contributed by atoms with E-state index in [0.717, 1.165) is 0 Å². The standard InChI is InChI=1S/2C16H17N2O4.2Na/c2*17-9-10-18-16(15(21)22,11-5-1-3-7-13(11)19)12-6-2-4-8-14(12)20;;/h2*1-8,17-20H,9-10H2,(H,21,22);;/q;;2*+1/p-2. The van der Waals surface area contributed by atoms with Gasteiger partial charge in [0.25, 0.3) is 0 Å². The average Bonchev–Trinajstić information content (AvgIpc) is 3.01. The number of para-hydroxylation sites is 4. The maximum Gasteiger partial charge on any atom is 1.00 e. The summed E-state index contributed by atoms with van der Waals surface area (Å²) in [5.74, 6) is -4.02. The minimum Gasteiger partial charge on any atom is -0.547 e. The van der Waals surface area contributed by atoms with Crippen LogP contribution in [0.3, 0.4) is 0 Å². The Balaban J connectivity index is 0.000000441. The number of aliphatic carboxylic acids is 2. The zero-order chi connectivity index (χ0) is 32.3. The topological polar surface area (TPSA) is 233 Å². The van der Waals surface area contributed by atoms with Crippen molar-refractivity contribution < 1.29 is 99.3 Å². The molecule has 0 aromatic heterocycles. The van der Waals surface area contributed by atoms with Crippen molar-refractivity contribution in [1.82, 2.24) is 22.1 Å².